The number of ether oxygens (including phenoxy) is 1. The number of carbonyl (C=O) groups is 1. The van der Waals surface area contributed by atoms with E-state index >= 15 is 0 Å². The number of rotatable bonds is 5. The molecule has 0 aliphatic rings. The third kappa shape index (κ3) is 2.75. The molecule has 0 aliphatic heterocycles. The van der Waals surface area contributed by atoms with Gasteiger partial charge in [0.1, 0.15) is 6.61 Å². The number of nitrogens with two attached hydrogens (primary N) is 1. The summed E-state index contributed by atoms with van der Waals surface area (Å²) < 4.78 is 10.4. The third-order valence-corrected chi connectivity index (χ3v) is 2.54. The molecule has 8 nitrogen and oxygen atoms in total. The van der Waals surface area contributed by atoms with Crippen molar-refractivity contribution in [2.45, 2.75) is 6.61 Å². The highest BCUT2D eigenvalue weighted by molar-refractivity contribution is 5.94. The van der Waals surface area contributed by atoms with Gasteiger partial charge in [-0.05, 0) is 12.1 Å². The lowest BCUT2D eigenvalue weighted by molar-refractivity contribution is -0.386. The van der Waals surface area contributed by atoms with E-state index in [-0.39, 0.29) is 29.4 Å². The lowest BCUT2D eigenvalue weighted by atomic mass is 10.2. The Bertz CT molecular complexity index is 638. The first-order valence-corrected chi connectivity index (χ1v) is 5.57. The number of nitrogens with one attached hydrogen (secondary N) is 1. The fourth-order valence-corrected chi connectivity index (χ4v) is 1.61. The van der Waals surface area contributed by atoms with Crippen LogP contribution in [0.4, 0.5) is 5.69 Å². The first-order chi connectivity index (χ1) is 9.63. The fourth-order valence-electron chi connectivity index (χ4n) is 1.61. The zero-order valence-electron chi connectivity index (χ0n) is 10.2. The van der Waals surface area contributed by atoms with Gasteiger partial charge in [0, 0.05) is 6.07 Å². The van der Waals surface area contributed by atoms with E-state index in [9.17, 15) is 14.9 Å². The Morgan fingerprint density at radius 3 is 2.85 bits per heavy atom. The van der Waals surface area contributed by atoms with Gasteiger partial charge in [-0.1, -0.05) is 12.1 Å². The van der Waals surface area contributed by atoms with Crippen LogP contribution in [-0.2, 0) is 6.61 Å². The van der Waals surface area contributed by atoms with Gasteiger partial charge >= 0.3 is 5.69 Å². The van der Waals surface area contributed by atoms with Crippen LogP contribution in [0.3, 0.4) is 0 Å². The minimum Gasteiger partial charge on any atom is -0.479 e. The summed E-state index contributed by atoms with van der Waals surface area (Å²) in [6.45, 7) is -0.124. The molecule has 0 aliphatic carbocycles. The van der Waals surface area contributed by atoms with Crippen LogP contribution in [0, 0.1) is 10.1 Å². The van der Waals surface area contributed by atoms with Crippen LogP contribution < -0.4 is 16.0 Å². The van der Waals surface area contributed by atoms with Gasteiger partial charge in [0.25, 0.3) is 5.91 Å². The molecule has 8 heteroatoms. The van der Waals surface area contributed by atoms with Crippen molar-refractivity contribution in [3.63, 3.8) is 0 Å². The van der Waals surface area contributed by atoms with Gasteiger partial charge in [0.05, 0.1) is 16.7 Å². The number of hydrogen-bond acceptors (Lipinski definition) is 6. The van der Waals surface area contributed by atoms with Gasteiger partial charge in [0.15, 0.2) is 11.5 Å². The molecule has 0 bridgehead atoms. The minimum absolute atomic E-state index is 0.0907. The van der Waals surface area contributed by atoms with E-state index in [0.717, 1.165) is 0 Å². The predicted octanol–water partition coefficient (Wildman–Crippen LogP) is 1.37. The van der Waals surface area contributed by atoms with Crippen LogP contribution in [0.1, 0.15) is 16.1 Å². The zero-order chi connectivity index (χ0) is 14.5. The highest BCUT2D eigenvalue weighted by atomic mass is 16.6. The molecule has 2 rings (SSSR count). The van der Waals surface area contributed by atoms with E-state index in [0.29, 0.717) is 0 Å². The van der Waals surface area contributed by atoms with Gasteiger partial charge in [0.2, 0.25) is 0 Å². The van der Waals surface area contributed by atoms with Gasteiger partial charge in [-0.15, -0.1) is 0 Å². The predicted molar refractivity (Wildman–Crippen MR) is 67.8 cm³/mol. The lowest BCUT2D eigenvalue weighted by Gasteiger charge is -2.06. The van der Waals surface area contributed by atoms with E-state index in [1.165, 1.54) is 30.5 Å². The van der Waals surface area contributed by atoms with Gasteiger partial charge < -0.3 is 9.15 Å². The minimum atomic E-state index is -0.551. The summed E-state index contributed by atoms with van der Waals surface area (Å²) in [7, 11) is 0. The number of amides is 1. The average molecular weight is 277 g/mol. The first kappa shape index (κ1) is 13.6. The van der Waals surface area contributed by atoms with E-state index in [2.05, 4.69) is 0 Å². The van der Waals surface area contributed by atoms with Crippen LogP contribution in [0.5, 0.6) is 5.75 Å². The number of hydrogen-bond donors (Lipinski definition) is 2. The van der Waals surface area contributed by atoms with Crippen LogP contribution >= 0.6 is 0 Å². The molecule has 1 amide bonds. The summed E-state index contributed by atoms with van der Waals surface area (Å²) >= 11 is 0. The number of para-hydroxylation sites is 2. The molecule has 1 heterocycles. The topological polar surface area (TPSA) is 121 Å². The summed E-state index contributed by atoms with van der Waals surface area (Å²) in [5.74, 6) is 4.82. The largest absolute Gasteiger partial charge is 0.479 e. The van der Waals surface area contributed by atoms with Crippen molar-refractivity contribution in [3.05, 3.63) is 58.0 Å². The molecule has 0 spiro atoms. The molecule has 0 atom stereocenters. The van der Waals surface area contributed by atoms with Crippen molar-refractivity contribution in [2.24, 2.45) is 5.84 Å². The first-order valence-electron chi connectivity index (χ1n) is 5.57. The molecule has 1 aromatic carbocycles. The molecule has 0 saturated heterocycles. The number of nitrogen functional groups attached to an aromatic ring is 1. The molecule has 2 aromatic rings. The van der Waals surface area contributed by atoms with Crippen molar-refractivity contribution >= 4 is 11.6 Å². The van der Waals surface area contributed by atoms with Crippen molar-refractivity contribution in [1.29, 1.82) is 0 Å². The second kappa shape index (κ2) is 5.85. The highest BCUT2D eigenvalue weighted by Crippen LogP contribution is 2.27. The van der Waals surface area contributed by atoms with Gasteiger partial charge in [-0.3, -0.25) is 20.3 Å². The SMILES string of the molecule is NNC(=O)c1ccoc1COc1ccccc1[N+](=O)[O-]. The number of hydrazine groups is 1. The average Bonchev–Trinajstić information content (AvgIpc) is 2.92. The maximum atomic E-state index is 11.4. The number of furan rings is 1. The Hall–Kier alpha value is -2.87. The monoisotopic (exact) mass is 277 g/mol. The number of carbonyl (C=O) groups excluding carboxylic acids is 1. The summed E-state index contributed by atoms with van der Waals surface area (Å²) in [6, 6.07) is 7.36. The Balaban J connectivity index is 2.16. The van der Waals surface area contributed by atoms with E-state index in [1.807, 2.05) is 5.43 Å². The van der Waals surface area contributed by atoms with Crippen LogP contribution in [0.15, 0.2) is 41.0 Å². The Morgan fingerprint density at radius 1 is 1.40 bits per heavy atom. The number of nitro benzene ring substituents is 1. The van der Waals surface area contributed by atoms with Crippen molar-refractivity contribution in [1.82, 2.24) is 5.43 Å². The number of benzene rings is 1. The summed E-state index contributed by atoms with van der Waals surface area (Å²) in [4.78, 5) is 21.7. The molecule has 0 radical (unpaired) electrons. The smallest absolute Gasteiger partial charge is 0.310 e. The molecular weight excluding hydrogens is 266 g/mol. The summed E-state index contributed by atoms with van der Waals surface area (Å²) in [5.41, 5.74) is 2.02. The van der Waals surface area contributed by atoms with E-state index in [1.54, 1.807) is 6.07 Å². The van der Waals surface area contributed by atoms with Crippen molar-refractivity contribution < 1.29 is 18.9 Å². The van der Waals surface area contributed by atoms with E-state index < -0.39 is 10.8 Å². The van der Waals surface area contributed by atoms with Crippen LogP contribution in [0.2, 0.25) is 0 Å². The lowest BCUT2D eigenvalue weighted by Crippen LogP contribution is -2.30. The quantitative estimate of drug-likeness (QED) is 0.368. The Kier molecular flexibility index (Phi) is 3.96. The normalized spacial score (nSPS) is 10.1. The number of nitro groups is 1. The molecule has 104 valence electrons. The van der Waals surface area contributed by atoms with Crippen molar-refractivity contribution in [3.8, 4) is 5.75 Å². The van der Waals surface area contributed by atoms with Gasteiger partial charge in [-0.25, -0.2) is 5.84 Å². The Morgan fingerprint density at radius 2 is 2.15 bits per heavy atom. The standard InChI is InChI=1S/C12H11N3O5/c13-14-12(16)8-5-6-19-11(8)7-20-10-4-2-1-3-9(10)15(17)18/h1-6H,7,13H2,(H,14,16). The Labute approximate surface area is 113 Å². The molecular formula is C12H11N3O5. The second-order valence-electron chi connectivity index (χ2n) is 3.74. The number of nitrogens with zero attached hydrogens (tertiary/aromatic N) is 1. The third-order valence-electron chi connectivity index (χ3n) is 2.54. The van der Waals surface area contributed by atoms with Crippen molar-refractivity contribution in [2.75, 3.05) is 0 Å². The maximum Gasteiger partial charge on any atom is 0.310 e. The molecule has 1 aromatic heterocycles. The van der Waals surface area contributed by atoms with Gasteiger partial charge in [-0.2, -0.15) is 0 Å². The van der Waals surface area contributed by atoms with Crippen LogP contribution in [0.25, 0.3) is 0 Å². The summed E-state index contributed by atoms with van der Waals surface area (Å²) in [5, 5.41) is 10.8. The zero-order valence-corrected chi connectivity index (χ0v) is 10.2. The van der Waals surface area contributed by atoms with Crippen LogP contribution in [-0.4, -0.2) is 10.8 Å². The van der Waals surface area contributed by atoms with E-state index in [4.69, 9.17) is 15.0 Å². The molecule has 0 fully saturated rings. The summed E-state index contributed by atoms with van der Waals surface area (Å²) in [6.07, 6.45) is 1.31. The molecule has 0 saturated carbocycles. The highest BCUT2D eigenvalue weighted by Gasteiger charge is 2.17. The molecule has 0 unspecified atom stereocenters. The molecule has 20 heavy (non-hydrogen) atoms. The maximum absolute atomic E-state index is 11.4. The molecule has 3 N–H and O–H groups in total. The second-order valence-corrected chi connectivity index (χ2v) is 3.74. The fraction of sp³-hybridized carbons (Fsp3) is 0.0833.